The van der Waals surface area contributed by atoms with Crippen molar-refractivity contribution >= 4 is 16.8 Å². The van der Waals surface area contributed by atoms with Crippen LogP contribution in [0.15, 0.2) is 41.2 Å². The Morgan fingerprint density at radius 1 is 1.27 bits per heavy atom. The van der Waals surface area contributed by atoms with E-state index in [1.165, 1.54) is 0 Å². The van der Waals surface area contributed by atoms with Gasteiger partial charge in [-0.25, -0.2) is 9.37 Å². The quantitative estimate of drug-likeness (QED) is 0.595. The smallest absolute Gasteiger partial charge is 0.174 e. The molecule has 0 aliphatic rings. The number of hydrogen-bond donors (Lipinski definition) is 1. The minimum Gasteiger partial charge on any atom is -0.380 e. The van der Waals surface area contributed by atoms with E-state index in [0.717, 1.165) is 12.2 Å². The van der Waals surface area contributed by atoms with Crippen molar-refractivity contribution in [3.63, 3.8) is 0 Å². The molecule has 0 fully saturated rings. The molecule has 6 heteroatoms. The second-order valence-corrected chi connectivity index (χ2v) is 6.04. The molecule has 2 heterocycles. The number of anilines is 1. The van der Waals surface area contributed by atoms with Crippen molar-refractivity contribution < 1.29 is 8.91 Å². The summed E-state index contributed by atoms with van der Waals surface area (Å²) in [5.74, 6) is 0.915. The van der Waals surface area contributed by atoms with Gasteiger partial charge in [0.1, 0.15) is 11.6 Å². The normalized spacial score (nSPS) is 11.3. The summed E-state index contributed by atoms with van der Waals surface area (Å²) in [4.78, 5) is 4.32. The number of aryl methyl sites for hydroxylation is 1. The van der Waals surface area contributed by atoms with Gasteiger partial charge in [0.25, 0.3) is 0 Å². The van der Waals surface area contributed by atoms with Crippen molar-refractivity contribution in [3.05, 3.63) is 59.9 Å². The van der Waals surface area contributed by atoms with E-state index in [-0.39, 0.29) is 5.82 Å². The minimum absolute atomic E-state index is 0.258. The lowest BCUT2D eigenvalue weighted by Crippen LogP contribution is -2.06. The molecule has 0 bridgehead atoms. The van der Waals surface area contributed by atoms with Gasteiger partial charge in [-0.15, -0.1) is 0 Å². The van der Waals surface area contributed by atoms with Gasteiger partial charge in [-0.1, -0.05) is 25.1 Å². The Morgan fingerprint density at radius 2 is 2.12 bits per heavy atom. The third-order valence-corrected chi connectivity index (χ3v) is 4.58. The van der Waals surface area contributed by atoms with Crippen LogP contribution in [-0.4, -0.2) is 14.7 Å². The average Bonchev–Trinajstić information content (AvgIpc) is 3.28. The second-order valence-electron chi connectivity index (χ2n) is 6.04. The number of nitrogens with two attached hydrogens (primary N) is 1. The van der Waals surface area contributed by atoms with Crippen molar-refractivity contribution in [1.82, 2.24) is 14.7 Å². The molecular formula is C20H18FN4O. The van der Waals surface area contributed by atoms with Crippen LogP contribution < -0.4 is 5.73 Å². The molecule has 1 radical (unpaired) electrons. The molecule has 0 saturated carbocycles. The number of aromatic nitrogens is 3. The van der Waals surface area contributed by atoms with Gasteiger partial charge in [0.2, 0.25) is 0 Å². The summed E-state index contributed by atoms with van der Waals surface area (Å²) >= 11 is 0. The van der Waals surface area contributed by atoms with Crippen molar-refractivity contribution in [2.75, 3.05) is 5.73 Å². The summed E-state index contributed by atoms with van der Waals surface area (Å²) in [5, 5.41) is 4.42. The highest BCUT2D eigenvalue weighted by atomic mass is 19.1. The van der Waals surface area contributed by atoms with E-state index < -0.39 is 0 Å². The van der Waals surface area contributed by atoms with Gasteiger partial charge in [0.15, 0.2) is 11.4 Å². The van der Waals surface area contributed by atoms with Crippen molar-refractivity contribution in [2.45, 2.75) is 26.7 Å². The fourth-order valence-corrected chi connectivity index (χ4v) is 3.23. The Bertz CT molecular complexity index is 1100. The van der Waals surface area contributed by atoms with Crippen LogP contribution in [0.25, 0.3) is 27.8 Å². The molecule has 131 valence electrons. The van der Waals surface area contributed by atoms with Crippen LogP contribution >= 0.6 is 0 Å². The van der Waals surface area contributed by atoms with Crippen LogP contribution in [0.3, 0.4) is 0 Å². The number of halogens is 1. The lowest BCUT2D eigenvalue weighted by molar-refractivity contribution is 0.460. The first kappa shape index (κ1) is 16.3. The fraction of sp³-hybridized carbons (Fsp3) is 0.200. The first-order chi connectivity index (χ1) is 12.6. The number of fused-ring (bicyclic) bond motifs is 1. The predicted molar refractivity (Wildman–Crippen MR) is 98.5 cm³/mol. The van der Waals surface area contributed by atoms with E-state index in [1.54, 1.807) is 30.5 Å². The Balaban J connectivity index is 1.89. The lowest BCUT2D eigenvalue weighted by atomic mass is 9.98. The Hall–Kier alpha value is -3.15. The molecule has 0 amide bonds. The highest BCUT2D eigenvalue weighted by Crippen LogP contribution is 2.32. The average molecular weight is 349 g/mol. The monoisotopic (exact) mass is 349 g/mol. The molecule has 0 aliphatic carbocycles. The molecule has 26 heavy (non-hydrogen) atoms. The van der Waals surface area contributed by atoms with Gasteiger partial charge in [-0.05, 0) is 30.2 Å². The standard InChI is InChI=1S/C20H18FN4O/c1-3-13-16(25-10-9-23-18(25)4-2)7-6-14(19(13)21)12-5-8-17-15(11-12)20(22)24-26-17/h5-6,8-11H,3-4H2,1-2H3,(H2,22,24). The third-order valence-electron chi connectivity index (χ3n) is 4.58. The number of nitrogen functional groups attached to an aromatic ring is 1. The number of benzene rings is 2. The maximum Gasteiger partial charge on any atom is 0.174 e. The molecule has 0 aliphatic heterocycles. The Morgan fingerprint density at radius 3 is 2.88 bits per heavy atom. The van der Waals surface area contributed by atoms with Gasteiger partial charge < -0.3 is 14.8 Å². The van der Waals surface area contributed by atoms with Crippen LogP contribution in [0.1, 0.15) is 25.2 Å². The lowest BCUT2D eigenvalue weighted by Gasteiger charge is -2.15. The second kappa shape index (κ2) is 6.29. The third kappa shape index (κ3) is 2.45. The number of nitrogens with zero attached hydrogens (tertiary/aromatic N) is 3. The van der Waals surface area contributed by atoms with Crippen LogP contribution in [0.4, 0.5) is 10.2 Å². The zero-order valence-electron chi connectivity index (χ0n) is 14.6. The Kier molecular flexibility index (Phi) is 3.95. The van der Waals surface area contributed by atoms with Crippen molar-refractivity contribution in [1.29, 1.82) is 0 Å². The maximum atomic E-state index is 15.3. The zero-order chi connectivity index (χ0) is 18.3. The predicted octanol–water partition coefficient (Wildman–Crippen LogP) is 4.33. The molecule has 2 aromatic heterocycles. The summed E-state index contributed by atoms with van der Waals surface area (Å²) < 4.78 is 22.4. The van der Waals surface area contributed by atoms with Gasteiger partial charge in [-0.3, -0.25) is 0 Å². The summed E-state index contributed by atoms with van der Waals surface area (Å²) in [7, 11) is 0. The molecule has 0 atom stereocenters. The molecule has 5 nitrogen and oxygen atoms in total. The van der Waals surface area contributed by atoms with Crippen LogP contribution in [0.2, 0.25) is 0 Å². The van der Waals surface area contributed by atoms with Gasteiger partial charge in [0, 0.05) is 36.0 Å². The summed E-state index contributed by atoms with van der Waals surface area (Å²) in [5.41, 5.74) is 8.90. The minimum atomic E-state index is -0.258. The van der Waals surface area contributed by atoms with Crippen molar-refractivity contribution in [3.8, 4) is 16.8 Å². The Labute approximate surface area is 150 Å². The van der Waals surface area contributed by atoms with Gasteiger partial charge in [-0.2, -0.15) is 0 Å². The van der Waals surface area contributed by atoms with E-state index in [1.807, 2.05) is 24.6 Å². The van der Waals surface area contributed by atoms with E-state index >= 15 is 4.39 Å². The largest absolute Gasteiger partial charge is 0.380 e. The number of rotatable bonds is 4. The molecule has 0 spiro atoms. The molecule has 4 rings (SSSR count). The number of imidazole rings is 1. The van der Waals surface area contributed by atoms with Crippen LogP contribution in [0.5, 0.6) is 0 Å². The summed E-state index contributed by atoms with van der Waals surface area (Å²) in [6.45, 7) is 3.96. The topological polar surface area (TPSA) is 69.9 Å². The van der Waals surface area contributed by atoms with Crippen molar-refractivity contribution in [2.24, 2.45) is 0 Å². The first-order valence-electron chi connectivity index (χ1n) is 8.55. The molecule has 0 saturated heterocycles. The maximum absolute atomic E-state index is 15.3. The zero-order valence-corrected chi connectivity index (χ0v) is 14.6. The summed E-state index contributed by atoms with van der Waals surface area (Å²) in [6, 6.07) is 10.3. The van der Waals surface area contributed by atoms with Crippen LogP contribution in [0, 0.1) is 11.9 Å². The van der Waals surface area contributed by atoms with Gasteiger partial charge in [0.05, 0.1) is 11.1 Å². The van der Waals surface area contributed by atoms with Crippen LogP contribution in [-0.2, 0) is 12.8 Å². The van der Waals surface area contributed by atoms with E-state index in [9.17, 15) is 0 Å². The SMILES string of the molecule is CCc1c(-n2ccnc2CC)[c]cc(-c2ccc3onc(N)c3c2)c1F. The molecule has 0 unspecified atom stereocenters. The summed E-state index contributed by atoms with van der Waals surface area (Å²) in [6.07, 6.45) is 4.87. The molecule has 2 N–H and O–H groups in total. The van der Waals surface area contributed by atoms with E-state index in [0.29, 0.717) is 45.6 Å². The fourth-order valence-electron chi connectivity index (χ4n) is 3.23. The number of hydrogen-bond acceptors (Lipinski definition) is 4. The van der Waals surface area contributed by atoms with E-state index in [2.05, 4.69) is 16.2 Å². The highest BCUT2D eigenvalue weighted by molar-refractivity contribution is 5.91. The molecular weight excluding hydrogens is 331 g/mol. The van der Waals surface area contributed by atoms with E-state index in [4.69, 9.17) is 10.3 Å². The van der Waals surface area contributed by atoms with Gasteiger partial charge >= 0.3 is 0 Å². The molecule has 2 aromatic carbocycles. The molecule has 4 aromatic rings. The first-order valence-corrected chi connectivity index (χ1v) is 8.55. The highest BCUT2D eigenvalue weighted by Gasteiger charge is 2.17.